The zero-order chi connectivity index (χ0) is 17.2. The zero-order valence-electron chi connectivity index (χ0n) is 15.1. The SMILES string of the molecule is CN(C)CCCSc1ccccc1NC(=O)/C=C/c1ccccc1.Cl.O. The van der Waals surface area contributed by atoms with Gasteiger partial charge in [-0.05, 0) is 56.6 Å². The van der Waals surface area contributed by atoms with Crippen LogP contribution in [0.4, 0.5) is 5.69 Å². The molecule has 1 amide bonds. The fourth-order valence-electron chi connectivity index (χ4n) is 2.17. The molecule has 4 nitrogen and oxygen atoms in total. The quantitative estimate of drug-likeness (QED) is 0.418. The fourth-order valence-corrected chi connectivity index (χ4v) is 3.11. The number of amides is 1. The van der Waals surface area contributed by atoms with Crippen LogP contribution in [0.3, 0.4) is 0 Å². The van der Waals surface area contributed by atoms with Crippen LogP contribution in [0, 0.1) is 0 Å². The molecule has 0 aliphatic heterocycles. The Hall–Kier alpha value is -1.79. The molecule has 0 spiro atoms. The van der Waals surface area contributed by atoms with Crippen molar-refractivity contribution in [2.24, 2.45) is 0 Å². The van der Waals surface area contributed by atoms with Gasteiger partial charge in [0.05, 0.1) is 5.69 Å². The highest BCUT2D eigenvalue weighted by atomic mass is 35.5. The van der Waals surface area contributed by atoms with E-state index in [1.54, 1.807) is 17.8 Å². The third-order valence-electron chi connectivity index (χ3n) is 3.38. The minimum Gasteiger partial charge on any atom is -0.412 e. The molecular weight excluding hydrogens is 368 g/mol. The maximum absolute atomic E-state index is 12.1. The van der Waals surface area contributed by atoms with E-state index in [2.05, 4.69) is 30.4 Å². The molecule has 26 heavy (non-hydrogen) atoms. The summed E-state index contributed by atoms with van der Waals surface area (Å²) in [5.74, 6) is 0.922. The molecule has 0 unspecified atom stereocenters. The van der Waals surface area contributed by atoms with Crippen LogP contribution >= 0.6 is 24.2 Å². The smallest absolute Gasteiger partial charge is 0.248 e. The Bertz CT molecular complexity index is 679. The van der Waals surface area contributed by atoms with Crippen LogP contribution in [0.5, 0.6) is 0 Å². The Balaban J connectivity index is 0.00000312. The summed E-state index contributed by atoms with van der Waals surface area (Å²) in [6, 6.07) is 17.8. The molecular formula is C20H27ClN2O2S. The van der Waals surface area contributed by atoms with E-state index >= 15 is 0 Å². The molecule has 0 saturated heterocycles. The first-order valence-electron chi connectivity index (χ1n) is 8.06. The lowest BCUT2D eigenvalue weighted by molar-refractivity contribution is -0.111. The van der Waals surface area contributed by atoms with E-state index in [4.69, 9.17) is 0 Å². The van der Waals surface area contributed by atoms with E-state index in [1.165, 1.54) is 0 Å². The van der Waals surface area contributed by atoms with Crippen LogP contribution in [0.2, 0.25) is 0 Å². The Morgan fingerprint density at radius 2 is 1.73 bits per heavy atom. The summed E-state index contributed by atoms with van der Waals surface area (Å²) in [4.78, 5) is 15.4. The van der Waals surface area contributed by atoms with Gasteiger partial charge >= 0.3 is 0 Å². The maximum atomic E-state index is 12.1. The highest BCUT2D eigenvalue weighted by Crippen LogP contribution is 2.27. The Kier molecular flexibility index (Phi) is 12.5. The lowest BCUT2D eigenvalue weighted by Gasteiger charge is -2.11. The van der Waals surface area contributed by atoms with Crippen molar-refractivity contribution in [3.8, 4) is 0 Å². The van der Waals surface area contributed by atoms with Gasteiger partial charge in [0.25, 0.3) is 0 Å². The van der Waals surface area contributed by atoms with Gasteiger partial charge in [-0.15, -0.1) is 24.2 Å². The third kappa shape index (κ3) is 9.06. The van der Waals surface area contributed by atoms with Gasteiger partial charge in [-0.1, -0.05) is 42.5 Å². The summed E-state index contributed by atoms with van der Waals surface area (Å²) >= 11 is 1.78. The zero-order valence-corrected chi connectivity index (χ0v) is 16.8. The number of thioether (sulfide) groups is 1. The number of carbonyl (C=O) groups excluding carboxylic acids is 1. The number of anilines is 1. The van der Waals surface area contributed by atoms with Gasteiger partial charge in [0.2, 0.25) is 5.91 Å². The van der Waals surface area contributed by atoms with Gasteiger partial charge in [-0.2, -0.15) is 0 Å². The summed E-state index contributed by atoms with van der Waals surface area (Å²) in [6.07, 6.45) is 4.51. The standard InChI is InChI=1S/C20H24N2OS.ClH.H2O/c1-22(2)15-8-16-24-19-12-7-6-11-18(19)21-20(23)14-13-17-9-4-3-5-10-17;;/h3-7,9-14H,8,15-16H2,1-2H3,(H,21,23);1H;1H2/b14-13+;;. The van der Waals surface area contributed by atoms with E-state index in [9.17, 15) is 4.79 Å². The van der Waals surface area contributed by atoms with Gasteiger partial charge in [0.15, 0.2) is 0 Å². The molecule has 2 aromatic carbocycles. The van der Waals surface area contributed by atoms with Crippen LogP contribution in [0.1, 0.15) is 12.0 Å². The topological polar surface area (TPSA) is 63.8 Å². The molecule has 0 heterocycles. The summed E-state index contributed by atoms with van der Waals surface area (Å²) < 4.78 is 0. The molecule has 0 fully saturated rings. The van der Waals surface area contributed by atoms with Gasteiger partial charge in [0, 0.05) is 11.0 Å². The molecule has 2 rings (SSSR count). The van der Waals surface area contributed by atoms with Crippen LogP contribution < -0.4 is 5.32 Å². The van der Waals surface area contributed by atoms with E-state index in [0.29, 0.717) is 0 Å². The predicted molar refractivity (Wildman–Crippen MR) is 115 cm³/mol. The maximum Gasteiger partial charge on any atom is 0.248 e. The number of hydrogen-bond acceptors (Lipinski definition) is 3. The lowest BCUT2D eigenvalue weighted by Crippen LogP contribution is -2.13. The molecule has 0 saturated carbocycles. The summed E-state index contributed by atoms with van der Waals surface area (Å²) in [6.45, 7) is 1.07. The first kappa shape index (κ1) is 24.2. The normalized spacial score (nSPS) is 10.3. The van der Waals surface area contributed by atoms with Gasteiger partial charge < -0.3 is 15.7 Å². The molecule has 0 aliphatic carbocycles. The van der Waals surface area contributed by atoms with Crippen molar-refractivity contribution in [1.82, 2.24) is 4.90 Å². The molecule has 2 aromatic rings. The van der Waals surface area contributed by atoms with E-state index in [-0.39, 0.29) is 23.8 Å². The Morgan fingerprint density at radius 1 is 1.08 bits per heavy atom. The number of carbonyl (C=O) groups is 1. The van der Waals surface area contributed by atoms with Gasteiger partial charge in [-0.3, -0.25) is 4.79 Å². The average Bonchev–Trinajstić information content (AvgIpc) is 2.59. The summed E-state index contributed by atoms with van der Waals surface area (Å²) in [5, 5.41) is 2.97. The number of para-hydroxylation sites is 1. The van der Waals surface area contributed by atoms with Crippen molar-refractivity contribution < 1.29 is 10.3 Å². The van der Waals surface area contributed by atoms with Crippen molar-refractivity contribution in [2.75, 3.05) is 31.7 Å². The molecule has 0 atom stereocenters. The highest BCUT2D eigenvalue weighted by molar-refractivity contribution is 7.99. The van der Waals surface area contributed by atoms with E-state index < -0.39 is 0 Å². The monoisotopic (exact) mass is 394 g/mol. The van der Waals surface area contributed by atoms with Crippen LogP contribution in [0.15, 0.2) is 65.6 Å². The minimum atomic E-state index is -0.111. The van der Waals surface area contributed by atoms with Crippen molar-refractivity contribution in [2.45, 2.75) is 11.3 Å². The molecule has 0 aromatic heterocycles. The largest absolute Gasteiger partial charge is 0.412 e. The van der Waals surface area contributed by atoms with E-state index in [1.807, 2.05) is 54.6 Å². The third-order valence-corrected chi connectivity index (χ3v) is 4.54. The van der Waals surface area contributed by atoms with Crippen LogP contribution in [-0.2, 0) is 4.79 Å². The Morgan fingerprint density at radius 3 is 2.42 bits per heavy atom. The number of hydrogen-bond donors (Lipinski definition) is 1. The highest BCUT2D eigenvalue weighted by Gasteiger charge is 2.05. The first-order chi connectivity index (χ1) is 11.6. The molecule has 3 N–H and O–H groups in total. The fraction of sp³-hybridized carbons (Fsp3) is 0.250. The number of nitrogens with one attached hydrogen (secondary N) is 1. The molecule has 6 heteroatoms. The number of rotatable bonds is 8. The van der Waals surface area contributed by atoms with E-state index in [0.717, 1.165) is 34.9 Å². The van der Waals surface area contributed by atoms with Crippen molar-refractivity contribution >= 4 is 41.8 Å². The lowest BCUT2D eigenvalue weighted by atomic mass is 10.2. The molecule has 0 bridgehead atoms. The van der Waals surface area contributed by atoms with Gasteiger partial charge in [0.1, 0.15) is 0 Å². The summed E-state index contributed by atoms with van der Waals surface area (Å²) in [5.41, 5.74) is 1.88. The van der Waals surface area contributed by atoms with Crippen molar-refractivity contribution in [3.05, 3.63) is 66.2 Å². The second-order valence-electron chi connectivity index (χ2n) is 5.73. The number of nitrogens with zero attached hydrogens (tertiary/aromatic N) is 1. The average molecular weight is 395 g/mol. The number of halogens is 1. The minimum absolute atomic E-state index is 0. The predicted octanol–water partition coefficient (Wildman–Crippen LogP) is 3.98. The molecule has 0 radical (unpaired) electrons. The second kappa shape index (κ2) is 13.4. The number of benzene rings is 2. The van der Waals surface area contributed by atoms with Gasteiger partial charge in [-0.25, -0.2) is 0 Å². The molecule has 0 aliphatic rings. The Labute approximate surface area is 166 Å². The summed E-state index contributed by atoms with van der Waals surface area (Å²) in [7, 11) is 4.16. The van der Waals surface area contributed by atoms with Crippen molar-refractivity contribution in [1.29, 1.82) is 0 Å². The first-order valence-corrected chi connectivity index (χ1v) is 9.04. The van der Waals surface area contributed by atoms with Crippen molar-refractivity contribution in [3.63, 3.8) is 0 Å². The van der Waals surface area contributed by atoms with Crippen LogP contribution in [0.25, 0.3) is 6.08 Å². The van der Waals surface area contributed by atoms with Crippen LogP contribution in [-0.4, -0.2) is 42.7 Å². The molecule has 142 valence electrons. The second-order valence-corrected chi connectivity index (χ2v) is 6.87.